The van der Waals surface area contributed by atoms with Crippen molar-refractivity contribution in [3.63, 3.8) is 0 Å². The predicted octanol–water partition coefficient (Wildman–Crippen LogP) is 3.66. The number of methoxy groups -OCH3 is 1. The van der Waals surface area contributed by atoms with Crippen LogP contribution in [0, 0.1) is 11.3 Å². The molecule has 0 unspecified atom stereocenters. The SMILES string of the molecule is COc1ccc(N2C(=O)C(=Cc3ccc(-c4ccc(C#N)cc4)o3)C(=O)NC2=S)cc1. The number of anilines is 1. The van der Waals surface area contributed by atoms with E-state index in [0.29, 0.717) is 28.5 Å². The van der Waals surface area contributed by atoms with E-state index < -0.39 is 11.8 Å². The van der Waals surface area contributed by atoms with Crippen molar-refractivity contribution >= 4 is 40.9 Å². The molecule has 1 N–H and O–H groups in total. The van der Waals surface area contributed by atoms with E-state index >= 15 is 0 Å². The molecule has 0 saturated carbocycles. The molecule has 8 heteroatoms. The van der Waals surface area contributed by atoms with E-state index in [0.717, 1.165) is 5.56 Å². The number of rotatable bonds is 4. The topological polar surface area (TPSA) is 95.6 Å². The number of ether oxygens (including phenoxy) is 1. The van der Waals surface area contributed by atoms with Crippen molar-refractivity contribution in [2.45, 2.75) is 0 Å². The fourth-order valence-electron chi connectivity index (χ4n) is 3.06. The van der Waals surface area contributed by atoms with E-state index in [1.807, 2.05) is 0 Å². The van der Waals surface area contributed by atoms with Crippen molar-refractivity contribution in [3.8, 4) is 23.1 Å². The molecule has 2 amide bonds. The van der Waals surface area contributed by atoms with Crippen molar-refractivity contribution in [3.05, 3.63) is 77.6 Å². The first kappa shape index (κ1) is 20.1. The predicted molar refractivity (Wildman–Crippen MR) is 118 cm³/mol. The van der Waals surface area contributed by atoms with Gasteiger partial charge in [0, 0.05) is 5.56 Å². The largest absolute Gasteiger partial charge is 0.497 e. The second-order valence-electron chi connectivity index (χ2n) is 6.55. The molecule has 7 nitrogen and oxygen atoms in total. The van der Waals surface area contributed by atoms with Crippen LogP contribution in [0.15, 0.2) is 70.7 Å². The molecule has 0 bridgehead atoms. The smallest absolute Gasteiger partial charge is 0.270 e. The standard InChI is InChI=1S/C23H15N3O4S/c1-29-17-8-6-16(7-9-17)26-22(28)19(21(27)25-23(26)31)12-18-10-11-20(30-18)15-4-2-14(13-24)3-5-15/h2-12H,1H3,(H,25,27,31). The van der Waals surface area contributed by atoms with Gasteiger partial charge in [0.2, 0.25) is 0 Å². The normalized spacial score (nSPS) is 15.0. The first-order valence-electron chi connectivity index (χ1n) is 9.16. The third-order valence-electron chi connectivity index (χ3n) is 4.64. The van der Waals surface area contributed by atoms with Gasteiger partial charge < -0.3 is 9.15 Å². The average Bonchev–Trinajstić information content (AvgIpc) is 3.26. The summed E-state index contributed by atoms with van der Waals surface area (Å²) in [5.41, 5.74) is 1.70. The van der Waals surface area contributed by atoms with Crippen LogP contribution in [0.1, 0.15) is 11.3 Å². The number of furan rings is 1. The molecule has 0 spiro atoms. The van der Waals surface area contributed by atoms with Crippen molar-refractivity contribution in [1.29, 1.82) is 5.26 Å². The minimum absolute atomic E-state index is 0.00460. The van der Waals surface area contributed by atoms with E-state index in [1.165, 1.54) is 11.0 Å². The molecular formula is C23H15N3O4S. The van der Waals surface area contributed by atoms with Crippen LogP contribution in [0.2, 0.25) is 0 Å². The Bertz CT molecular complexity index is 1250. The van der Waals surface area contributed by atoms with Gasteiger partial charge in [0.15, 0.2) is 5.11 Å². The van der Waals surface area contributed by atoms with Crippen LogP contribution < -0.4 is 15.0 Å². The number of hydrogen-bond donors (Lipinski definition) is 1. The van der Waals surface area contributed by atoms with Gasteiger partial charge in [-0.25, -0.2) is 0 Å². The number of nitrogens with one attached hydrogen (secondary N) is 1. The lowest BCUT2D eigenvalue weighted by molar-refractivity contribution is -0.122. The number of thiocarbonyl (C=S) groups is 1. The van der Waals surface area contributed by atoms with Crippen LogP contribution in [0.25, 0.3) is 17.4 Å². The van der Waals surface area contributed by atoms with Gasteiger partial charge in [-0.1, -0.05) is 0 Å². The van der Waals surface area contributed by atoms with Crippen molar-refractivity contribution in [1.82, 2.24) is 5.32 Å². The summed E-state index contributed by atoms with van der Waals surface area (Å²) in [5.74, 6) is 0.346. The Hall–Kier alpha value is -4.22. The first-order valence-corrected chi connectivity index (χ1v) is 9.57. The monoisotopic (exact) mass is 429 g/mol. The maximum absolute atomic E-state index is 13.1. The summed E-state index contributed by atoms with van der Waals surface area (Å²) in [6.07, 6.45) is 1.38. The summed E-state index contributed by atoms with van der Waals surface area (Å²) in [4.78, 5) is 26.7. The third kappa shape index (κ3) is 3.95. The quantitative estimate of drug-likeness (QED) is 0.386. The van der Waals surface area contributed by atoms with Gasteiger partial charge in [-0.15, -0.1) is 0 Å². The third-order valence-corrected chi connectivity index (χ3v) is 4.93. The highest BCUT2D eigenvalue weighted by Crippen LogP contribution is 2.27. The molecule has 3 aromatic rings. The maximum atomic E-state index is 13.1. The Labute approximate surface area is 183 Å². The summed E-state index contributed by atoms with van der Waals surface area (Å²) in [6.45, 7) is 0. The molecule has 1 aromatic heterocycles. The zero-order chi connectivity index (χ0) is 22.0. The van der Waals surface area contributed by atoms with E-state index in [1.54, 1.807) is 67.8 Å². The summed E-state index contributed by atoms with van der Waals surface area (Å²) in [5, 5.41) is 11.4. The second kappa shape index (κ2) is 8.26. The maximum Gasteiger partial charge on any atom is 0.270 e. The highest BCUT2D eigenvalue weighted by molar-refractivity contribution is 7.80. The molecule has 1 aliphatic rings. The molecule has 1 saturated heterocycles. The van der Waals surface area contributed by atoms with Crippen LogP contribution in [-0.2, 0) is 9.59 Å². The van der Waals surface area contributed by atoms with Crippen LogP contribution in [0.4, 0.5) is 5.69 Å². The zero-order valence-electron chi connectivity index (χ0n) is 16.3. The van der Waals surface area contributed by atoms with Gasteiger partial charge in [0.1, 0.15) is 22.8 Å². The minimum Gasteiger partial charge on any atom is -0.497 e. The van der Waals surface area contributed by atoms with Gasteiger partial charge in [-0.2, -0.15) is 5.26 Å². The Morgan fingerprint density at radius 1 is 1.06 bits per heavy atom. The van der Waals surface area contributed by atoms with Gasteiger partial charge in [0.05, 0.1) is 24.4 Å². The minimum atomic E-state index is -0.601. The Kier molecular flexibility index (Phi) is 5.35. The van der Waals surface area contributed by atoms with Crippen molar-refractivity contribution < 1.29 is 18.7 Å². The first-order chi connectivity index (χ1) is 15.0. The fourth-order valence-corrected chi connectivity index (χ4v) is 3.34. The van der Waals surface area contributed by atoms with Crippen LogP contribution in [0.5, 0.6) is 5.75 Å². The highest BCUT2D eigenvalue weighted by Gasteiger charge is 2.34. The molecular weight excluding hydrogens is 414 g/mol. The van der Waals surface area contributed by atoms with E-state index in [4.69, 9.17) is 26.6 Å². The van der Waals surface area contributed by atoms with Crippen molar-refractivity contribution in [2.75, 3.05) is 12.0 Å². The molecule has 4 rings (SSSR count). The number of hydrogen-bond acceptors (Lipinski definition) is 6. The van der Waals surface area contributed by atoms with Crippen molar-refractivity contribution in [2.24, 2.45) is 0 Å². The van der Waals surface area contributed by atoms with Crippen LogP contribution in [0.3, 0.4) is 0 Å². The van der Waals surface area contributed by atoms with Crippen LogP contribution >= 0.6 is 12.2 Å². The van der Waals surface area contributed by atoms with E-state index in [-0.39, 0.29) is 10.7 Å². The van der Waals surface area contributed by atoms with Gasteiger partial charge in [-0.3, -0.25) is 19.8 Å². The molecule has 1 fully saturated rings. The Morgan fingerprint density at radius 2 is 1.77 bits per heavy atom. The zero-order valence-corrected chi connectivity index (χ0v) is 17.1. The fraction of sp³-hybridized carbons (Fsp3) is 0.0435. The number of nitriles is 1. The molecule has 0 atom stereocenters. The molecule has 0 radical (unpaired) electrons. The highest BCUT2D eigenvalue weighted by atomic mass is 32.1. The van der Waals surface area contributed by atoms with Gasteiger partial charge >= 0.3 is 0 Å². The molecule has 1 aliphatic heterocycles. The number of amides is 2. The molecule has 31 heavy (non-hydrogen) atoms. The number of carbonyl (C=O) groups excluding carboxylic acids is 2. The summed E-state index contributed by atoms with van der Waals surface area (Å²) < 4.78 is 10.9. The van der Waals surface area contributed by atoms with Gasteiger partial charge in [-0.05, 0) is 79.0 Å². The van der Waals surface area contributed by atoms with E-state index in [9.17, 15) is 9.59 Å². The summed E-state index contributed by atoms with van der Waals surface area (Å²) in [7, 11) is 1.54. The molecule has 2 heterocycles. The van der Waals surface area contributed by atoms with Crippen LogP contribution in [-0.4, -0.2) is 24.0 Å². The number of benzene rings is 2. The second-order valence-corrected chi connectivity index (χ2v) is 6.93. The number of carbonyl (C=O) groups is 2. The average molecular weight is 429 g/mol. The Morgan fingerprint density at radius 3 is 2.42 bits per heavy atom. The molecule has 2 aromatic carbocycles. The summed E-state index contributed by atoms with van der Waals surface area (Å²) in [6, 6.07) is 19.1. The van der Waals surface area contributed by atoms with Gasteiger partial charge in [0.25, 0.3) is 11.8 Å². The Balaban J connectivity index is 1.64. The molecule has 0 aliphatic carbocycles. The van der Waals surface area contributed by atoms with E-state index in [2.05, 4.69) is 11.4 Å². The number of nitrogens with zero attached hydrogens (tertiary/aromatic N) is 2. The summed E-state index contributed by atoms with van der Waals surface area (Å²) >= 11 is 5.20. The lowest BCUT2D eigenvalue weighted by Crippen LogP contribution is -2.54. The lowest BCUT2D eigenvalue weighted by atomic mass is 10.1. The lowest BCUT2D eigenvalue weighted by Gasteiger charge is -2.28. The molecule has 152 valence electrons.